The van der Waals surface area contributed by atoms with Crippen molar-refractivity contribution in [3.05, 3.63) is 0 Å². The first-order valence-electron chi connectivity index (χ1n) is 19.2. The predicted molar refractivity (Wildman–Crippen MR) is 175 cm³/mol. The number of nitrogens with zero attached hydrogens (tertiary/aromatic N) is 1. The highest BCUT2D eigenvalue weighted by Gasteiger charge is 3.00. The molecule has 6 nitrogen and oxygen atoms in total. The zero-order chi connectivity index (χ0) is 30.8. The fourth-order valence-electron chi connectivity index (χ4n) is 11.1. The fraction of sp³-hybridized carbons (Fsp3) is 0.947. The van der Waals surface area contributed by atoms with Crippen molar-refractivity contribution in [3.8, 4) is 0 Å². The average molecular weight is 616 g/mol. The van der Waals surface area contributed by atoms with E-state index in [0.29, 0.717) is 25.0 Å². The summed E-state index contributed by atoms with van der Waals surface area (Å²) in [7, 11) is 0. The first-order chi connectivity index (χ1) is 21.6. The van der Waals surface area contributed by atoms with Gasteiger partial charge < -0.3 is 19.5 Å². The number of aliphatic hydroxyl groups is 1. The van der Waals surface area contributed by atoms with Crippen molar-refractivity contribution in [2.45, 2.75) is 148 Å². The molecule has 5 aliphatic rings. The van der Waals surface area contributed by atoms with Crippen LogP contribution < -0.4 is 0 Å². The molecule has 44 heavy (non-hydrogen) atoms. The van der Waals surface area contributed by atoms with E-state index in [2.05, 4.69) is 11.8 Å². The van der Waals surface area contributed by atoms with Crippen molar-refractivity contribution in [3.63, 3.8) is 0 Å². The minimum atomic E-state index is -0.0260. The Labute approximate surface area is 268 Å². The second-order valence-electron chi connectivity index (χ2n) is 15.6. The molecule has 0 aromatic rings. The van der Waals surface area contributed by atoms with Crippen LogP contribution in [0.4, 0.5) is 0 Å². The lowest BCUT2D eigenvalue weighted by Gasteiger charge is -3.04. The van der Waals surface area contributed by atoms with E-state index in [0.717, 1.165) is 106 Å². The maximum atomic E-state index is 12.5. The number of carbonyl (C=O) groups is 2. The predicted octanol–water partition coefficient (Wildman–Crippen LogP) is 8.09. The van der Waals surface area contributed by atoms with Crippen molar-refractivity contribution in [2.24, 2.45) is 40.4 Å². The smallest absolute Gasteiger partial charge is 0.306 e. The van der Waals surface area contributed by atoms with E-state index < -0.39 is 0 Å². The molecule has 252 valence electrons. The molecule has 0 aromatic heterocycles. The van der Waals surface area contributed by atoms with E-state index in [1.54, 1.807) is 0 Å². The highest BCUT2D eigenvalue weighted by atomic mass is 16.5. The zero-order valence-electron chi connectivity index (χ0n) is 28.2. The molecule has 0 radical (unpaired) electrons. The molecule has 0 bridgehead atoms. The van der Waals surface area contributed by atoms with E-state index in [1.165, 1.54) is 83.5 Å². The SMILES string of the molecule is CCCCCCCCCOC(=O)CCCCCCCN(CCO)CCCCCCCCOC(=O)CC12CC34CC5C1C(C53)C24. The Morgan fingerprint density at radius 3 is 1.80 bits per heavy atom. The van der Waals surface area contributed by atoms with Crippen LogP contribution in [0.1, 0.15) is 148 Å². The van der Waals surface area contributed by atoms with Gasteiger partial charge in [-0.1, -0.05) is 90.4 Å². The molecule has 0 amide bonds. The van der Waals surface area contributed by atoms with Gasteiger partial charge in [0.2, 0.25) is 0 Å². The molecular weight excluding hydrogens is 550 g/mol. The minimum absolute atomic E-state index is 0.0260. The molecule has 7 atom stereocenters. The highest BCUT2D eigenvalue weighted by molar-refractivity contribution is 5.72. The van der Waals surface area contributed by atoms with Crippen LogP contribution in [-0.2, 0) is 19.1 Å². The van der Waals surface area contributed by atoms with Crippen LogP contribution >= 0.6 is 0 Å². The highest BCUT2D eigenvalue weighted by Crippen LogP contribution is 3.04. The van der Waals surface area contributed by atoms with Crippen molar-refractivity contribution in [1.29, 1.82) is 0 Å². The van der Waals surface area contributed by atoms with Gasteiger partial charge in [-0.25, -0.2) is 0 Å². The van der Waals surface area contributed by atoms with Gasteiger partial charge in [-0.15, -0.1) is 0 Å². The van der Waals surface area contributed by atoms with Gasteiger partial charge in [0.05, 0.1) is 26.2 Å². The number of ether oxygens (including phenoxy) is 2. The maximum Gasteiger partial charge on any atom is 0.306 e. The first kappa shape index (κ1) is 34.2. The molecule has 7 unspecified atom stereocenters. The molecule has 0 heterocycles. The summed E-state index contributed by atoms with van der Waals surface area (Å²) in [6.07, 6.45) is 25.4. The van der Waals surface area contributed by atoms with Gasteiger partial charge in [0.25, 0.3) is 0 Å². The summed E-state index contributed by atoms with van der Waals surface area (Å²) in [6.45, 7) is 6.55. The van der Waals surface area contributed by atoms with Crippen molar-refractivity contribution >= 4 is 11.9 Å². The number of carbonyl (C=O) groups excluding carboxylic acids is 2. The Kier molecular flexibility index (Phi) is 12.9. The molecule has 1 N–H and O–H groups in total. The number of unbranched alkanes of at least 4 members (excludes halogenated alkanes) is 15. The normalized spacial score (nSPS) is 31.2. The second kappa shape index (κ2) is 16.6. The monoisotopic (exact) mass is 615 g/mol. The van der Waals surface area contributed by atoms with Gasteiger partial charge in [0, 0.05) is 13.0 Å². The molecule has 6 heteroatoms. The third-order valence-corrected chi connectivity index (χ3v) is 12.9. The Morgan fingerprint density at radius 1 is 0.705 bits per heavy atom. The van der Waals surface area contributed by atoms with Gasteiger partial charge in [0.1, 0.15) is 0 Å². The van der Waals surface area contributed by atoms with Crippen molar-refractivity contribution in [2.75, 3.05) is 39.5 Å². The van der Waals surface area contributed by atoms with Gasteiger partial charge in [-0.3, -0.25) is 9.59 Å². The van der Waals surface area contributed by atoms with Gasteiger partial charge in [-0.2, -0.15) is 0 Å². The molecule has 0 aromatic carbocycles. The topological polar surface area (TPSA) is 76.1 Å². The second-order valence-corrected chi connectivity index (χ2v) is 15.6. The third-order valence-electron chi connectivity index (χ3n) is 12.9. The summed E-state index contributed by atoms with van der Waals surface area (Å²) < 4.78 is 11.1. The lowest BCUT2D eigenvalue weighted by atomic mass is 9.00. The summed E-state index contributed by atoms with van der Waals surface area (Å²) in [5, 5.41) is 9.47. The molecule has 5 aliphatic carbocycles. The molecule has 0 saturated heterocycles. The Bertz CT molecular complexity index is 894. The van der Waals surface area contributed by atoms with E-state index in [9.17, 15) is 14.7 Å². The van der Waals surface area contributed by atoms with E-state index in [4.69, 9.17) is 9.47 Å². The number of rotatable bonds is 29. The van der Waals surface area contributed by atoms with Crippen molar-refractivity contribution in [1.82, 2.24) is 4.90 Å². The van der Waals surface area contributed by atoms with Gasteiger partial charge in [-0.05, 0) is 98.5 Å². The zero-order valence-corrected chi connectivity index (χ0v) is 28.2. The van der Waals surface area contributed by atoms with Crippen LogP contribution in [0.3, 0.4) is 0 Å². The summed E-state index contributed by atoms with van der Waals surface area (Å²) in [6, 6.07) is 0. The largest absolute Gasteiger partial charge is 0.466 e. The van der Waals surface area contributed by atoms with Crippen LogP contribution in [0.25, 0.3) is 0 Å². The van der Waals surface area contributed by atoms with E-state index >= 15 is 0 Å². The molecule has 0 aliphatic heterocycles. The minimum Gasteiger partial charge on any atom is -0.466 e. The molecule has 5 saturated carbocycles. The number of aliphatic hydroxyl groups excluding tert-OH is 1. The van der Waals surface area contributed by atoms with Crippen LogP contribution in [-0.4, -0.2) is 61.4 Å². The fourth-order valence-corrected chi connectivity index (χ4v) is 11.1. The molecular formula is C38H65NO5. The quantitative estimate of drug-likeness (QED) is 0.0677. The standard InChI is InChI=1S/C38H65NO5/c1-2-3-4-5-7-13-18-25-43-31(41)20-15-10-9-12-17-22-39(23-24-40)21-16-11-6-8-14-19-26-44-32(42)28-38-29-37-27-30-34(37)33(35(30)38)36(37)38/h30,33-36,40H,2-29H2,1H3. The first-order valence-corrected chi connectivity index (χ1v) is 19.2. The molecule has 5 fully saturated rings. The third kappa shape index (κ3) is 7.37. The lowest BCUT2D eigenvalue weighted by Crippen LogP contribution is -3.00. The summed E-state index contributed by atoms with van der Waals surface area (Å²) in [4.78, 5) is 26.8. The van der Waals surface area contributed by atoms with Crippen LogP contribution in [0, 0.1) is 40.4 Å². The van der Waals surface area contributed by atoms with Gasteiger partial charge >= 0.3 is 11.9 Å². The lowest BCUT2D eigenvalue weighted by molar-refractivity contribution is -0.571. The maximum absolute atomic E-state index is 12.5. The number of esters is 2. The van der Waals surface area contributed by atoms with Crippen molar-refractivity contribution < 1.29 is 24.2 Å². The van der Waals surface area contributed by atoms with E-state index in [1.807, 2.05) is 0 Å². The summed E-state index contributed by atoms with van der Waals surface area (Å²) in [5.74, 6) is 5.04. The Hall–Kier alpha value is -1.14. The Morgan fingerprint density at radius 2 is 1.27 bits per heavy atom. The number of hydrogen-bond acceptors (Lipinski definition) is 6. The van der Waals surface area contributed by atoms with Crippen LogP contribution in [0.2, 0.25) is 0 Å². The summed E-state index contributed by atoms with van der Waals surface area (Å²) >= 11 is 0. The van der Waals surface area contributed by atoms with Crippen LogP contribution in [0.5, 0.6) is 0 Å². The van der Waals surface area contributed by atoms with E-state index in [-0.39, 0.29) is 18.5 Å². The number of hydrogen-bond donors (Lipinski definition) is 1. The Balaban J connectivity index is 0.759. The molecule has 1 spiro atoms. The average Bonchev–Trinajstić information content (AvgIpc) is 3.00. The summed E-state index contributed by atoms with van der Waals surface area (Å²) in [5.41, 5.74) is 1.15. The van der Waals surface area contributed by atoms with Gasteiger partial charge in [0.15, 0.2) is 0 Å². The molecule has 5 rings (SSSR count). The number of fused-ring (bicyclic) bond motifs is 2. The van der Waals surface area contributed by atoms with Crippen LogP contribution in [0.15, 0.2) is 0 Å².